The van der Waals surface area contributed by atoms with Crippen molar-refractivity contribution in [1.82, 2.24) is 4.72 Å². The zero-order valence-corrected chi connectivity index (χ0v) is 16.1. The fraction of sp³-hybridized carbons (Fsp3) is 0.562. The molecule has 0 heterocycles. The summed E-state index contributed by atoms with van der Waals surface area (Å²) in [5, 5.41) is 2.68. The predicted molar refractivity (Wildman–Crippen MR) is 96.3 cm³/mol. The van der Waals surface area contributed by atoms with Gasteiger partial charge in [0, 0.05) is 17.9 Å². The Morgan fingerprint density at radius 1 is 1.13 bits per heavy atom. The van der Waals surface area contributed by atoms with Gasteiger partial charge in [-0.2, -0.15) is 0 Å². The quantitative estimate of drug-likeness (QED) is 0.733. The number of rotatable bonds is 7. The predicted octanol–water partition coefficient (Wildman–Crippen LogP) is 3.33. The molecule has 5 nitrogen and oxygen atoms in total. The van der Waals surface area contributed by atoms with Gasteiger partial charge in [0.1, 0.15) is 0 Å². The van der Waals surface area contributed by atoms with Crippen LogP contribution >= 0.6 is 11.8 Å². The van der Waals surface area contributed by atoms with Crippen molar-refractivity contribution in [3.05, 3.63) is 18.2 Å². The van der Waals surface area contributed by atoms with Gasteiger partial charge in [0.2, 0.25) is 15.9 Å². The molecule has 0 aliphatic carbocycles. The lowest BCUT2D eigenvalue weighted by molar-refractivity contribution is -0.114. The number of sulfonamides is 1. The average Bonchev–Trinajstić information content (AvgIpc) is 2.43. The van der Waals surface area contributed by atoms with E-state index in [0.717, 1.165) is 4.90 Å². The summed E-state index contributed by atoms with van der Waals surface area (Å²) in [7, 11) is -3.64. The second kappa shape index (κ2) is 8.17. The van der Waals surface area contributed by atoms with Crippen LogP contribution in [0.15, 0.2) is 28.0 Å². The van der Waals surface area contributed by atoms with E-state index in [2.05, 4.69) is 10.0 Å². The van der Waals surface area contributed by atoms with Crippen LogP contribution in [0.2, 0.25) is 0 Å². The molecule has 130 valence electrons. The molecule has 0 unspecified atom stereocenters. The SMILES string of the molecule is CSc1ccc(S(=O)(=O)NC(C(C)C)C(C)C)cc1NC(C)=O. The minimum atomic E-state index is -3.64. The number of hydrogen-bond acceptors (Lipinski definition) is 4. The maximum atomic E-state index is 12.7. The Morgan fingerprint density at radius 2 is 1.70 bits per heavy atom. The summed E-state index contributed by atoms with van der Waals surface area (Å²) in [6, 6.07) is 4.64. The summed E-state index contributed by atoms with van der Waals surface area (Å²) < 4.78 is 28.1. The van der Waals surface area contributed by atoms with Gasteiger partial charge in [-0.15, -0.1) is 11.8 Å². The van der Waals surface area contributed by atoms with Crippen LogP contribution in [0.25, 0.3) is 0 Å². The van der Waals surface area contributed by atoms with Crippen LogP contribution in [-0.2, 0) is 14.8 Å². The lowest BCUT2D eigenvalue weighted by Crippen LogP contribution is -2.42. The van der Waals surface area contributed by atoms with Gasteiger partial charge in [-0.3, -0.25) is 4.79 Å². The van der Waals surface area contributed by atoms with E-state index in [1.54, 1.807) is 12.1 Å². The Kier molecular flexibility index (Phi) is 7.10. The summed E-state index contributed by atoms with van der Waals surface area (Å²) in [4.78, 5) is 12.3. The smallest absolute Gasteiger partial charge is 0.240 e. The minimum absolute atomic E-state index is 0.149. The summed E-state index contributed by atoms with van der Waals surface area (Å²) in [6.45, 7) is 9.37. The maximum absolute atomic E-state index is 12.7. The molecular weight excluding hydrogens is 332 g/mol. The van der Waals surface area contributed by atoms with E-state index in [0.29, 0.717) is 5.69 Å². The number of benzene rings is 1. The molecule has 7 heteroatoms. The van der Waals surface area contributed by atoms with Crippen LogP contribution in [-0.4, -0.2) is 26.6 Å². The third-order valence-corrected chi connectivity index (χ3v) is 5.77. The first kappa shape index (κ1) is 20.0. The van der Waals surface area contributed by atoms with Crippen molar-refractivity contribution in [2.75, 3.05) is 11.6 Å². The Balaban J connectivity index is 3.20. The van der Waals surface area contributed by atoms with Crippen LogP contribution in [0, 0.1) is 11.8 Å². The number of thioether (sulfide) groups is 1. The van der Waals surface area contributed by atoms with Crippen LogP contribution in [0.5, 0.6) is 0 Å². The largest absolute Gasteiger partial charge is 0.325 e. The molecule has 0 saturated heterocycles. The van der Waals surface area contributed by atoms with Crippen LogP contribution in [0.3, 0.4) is 0 Å². The van der Waals surface area contributed by atoms with Gasteiger partial charge in [-0.25, -0.2) is 13.1 Å². The highest BCUT2D eigenvalue weighted by Gasteiger charge is 2.25. The molecule has 0 spiro atoms. The fourth-order valence-corrected chi connectivity index (χ4v) is 4.52. The standard InChI is InChI=1S/C16H26N2O3S2/c1-10(2)16(11(3)4)18-23(20,21)13-7-8-15(22-6)14(9-13)17-12(5)19/h7-11,16,18H,1-6H3,(H,17,19). The Morgan fingerprint density at radius 3 is 2.13 bits per heavy atom. The topological polar surface area (TPSA) is 75.3 Å². The molecule has 23 heavy (non-hydrogen) atoms. The number of carbonyl (C=O) groups is 1. The molecule has 0 radical (unpaired) electrons. The number of amides is 1. The van der Waals surface area contributed by atoms with E-state index in [4.69, 9.17) is 0 Å². The molecule has 0 saturated carbocycles. The van der Waals surface area contributed by atoms with E-state index in [-0.39, 0.29) is 28.7 Å². The van der Waals surface area contributed by atoms with Crippen molar-refractivity contribution >= 4 is 33.4 Å². The van der Waals surface area contributed by atoms with Gasteiger partial charge in [0.25, 0.3) is 0 Å². The Labute approximate surface area is 143 Å². The van der Waals surface area contributed by atoms with Crippen molar-refractivity contribution in [2.45, 2.75) is 50.5 Å². The highest BCUT2D eigenvalue weighted by Crippen LogP contribution is 2.28. The molecule has 1 rings (SSSR count). The molecule has 0 atom stereocenters. The van der Waals surface area contributed by atoms with Gasteiger partial charge in [-0.1, -0.05) is 27.7 Å². The molecular formula is C16H26N2O3S2. The fourth-order valence-electron chi connectivity index (χ4n) is 2.43. The van der Waals surface area contributed by atoms with Gasteiger partial charge in [0.15, 0.2) is 0 Å². The van der Waals surface area contributed by atoms with Crippen LogP contribution in [0.1, 0.15) is 34.6 Å². The lowest BCUT2D eigenvalue weighted by atomic mass is 9.94. The monoisotopic (exact) mass is 358 g/mol. The van der Waals surface area contributed by atoms with Crippen molar-refractivity contribution in [1.29, 1.82) is 0 Å². The van der Waals surface area contributed by atoms with Gasteiger partial charge in [0.05, 0.1) is 10.6 Å². The molecule has 1 aromatic rings. The number of nitrogens with one attached hydrogen (secondary N) is 2. The molecule has 0 aliphatic heterocycles. The molecule has 0 fully saturated rings. The number of carbonyl (C=O) groups excluding carboxylic acids is 1. The highest BCUT2D eigenvalue weighted by molar-refractivity contribution is 7.98. The summed E-state index contributed by atoms with van der Waals surface area (Å²) >= 11 is 1.45. The first-order valence-electron chi connectivity index (χ1n) is 7.56. The molecule has 1 amide bonds. The van der Waals surface area contributed by atoms with Gasteiger partial charge < -0.3 is 5.32 Å². The summed E-state index contributed by atoms with van der Waals surface area (Å²) in [6.07, 6.45) is 1.88. The number of hydrogen-bond donors (Lipinski definition) is 2. The maximum Gasteiger partial charge on any atom is 0.240 e. The molecule has 0 bridgehead atoms. The zero-order chi connectivity index (χ0) is 17.8. The van der Waals surface area contributed by atoms with Crippen molar-refractivity contribution in [2.24, 2.45) is 11.8 Å². The molecule has 0 aliphatic rings. The first-order valence-corrected chi connectivity index (χ1v) is 10.3. The van der Waals surface area contributed by atoms with Crippen molar-refractivity contribution < 1.29 is 13.2 Å². The van der Waals surface area contributed by atoms with E-state index in [1.807, 2.05) is 34.0 Å². The Hall–Kier alpha value is -1.05. The normalized spacial score (nSPS) is 12.2. The van der Waals surface area contributed by atoms with Crippen LogP contribution < -0.4 is 10.0 Å². The highest BCUT2D eigenvalue weighted by atomic mass is 32.2. The van der Waals surface area contributed by atoms with E-state index >= 15 is 0 Å². The Bertz CT molecular complexity index is 647. The molecule has 0 aromatic heterocycles. The summed E-state index contributed by atoms with van der Waals surface area (Å²) in [5.41, 5.74) is 0.513. The molecule has 1 aromatic carbocycles. The van der Waals surface area contributed by atoms with Gasteiger partial charge in [-0.05, 0) is 36.3 Å². The van der Waals surface area contributed by atoms with E-state index in [9.17, 15) is 13.2 Å². The summed E-state index contributed by atoms with van der Waals surface area (Å²) in [5.74, 6) is 0.139. The average molecular weight is 359 g/mol. The van der Waals surface area contributed by atoms with E-state index < -0.39 is 10.0 Å². The minimum Gasteiger partial charge on any atom is -0.325 e. The molecule has 2 N–H and O–H groups in total. The van der Waals surface area contributed by atoms with Gasteiger partial charge >= 0.3 is 0 Å². The first-order chi connectivity index (χ1) is 10.6. The van der Waals surface area contributed by atoms with Crippen molar-refractivity contribution in [3.63, 3.8) is 0 Å². The second-order valence-corrected chi connectivity index (χ2v) is 8.74. The van der Waals surface area contributed by atoms with Crippen molar-refractivity contribution in [3.8, 4) is 0 Å². The zero-order valence-electron chi connectivity index (χ0n) is 14.5. The number of anilines is 1. The van der Waals surface area contributed by atoms with E-state index in [1.165, 1.54) is 24.8 Å². The third-order valence-electron chi connectivity index (χ3n) is 3.52. The lowest BCUT2D eigenvalue weighted by Gasteiger charge is -2.26. The van der Waals surface area contributed by atoms with Crippen LogP contribution in [0.4, 0.5) is 5.69 Å². The second-order valence-electron chi connectivity index (χ2n) is 6.18. The third kappa shape index (κ3) is 5.51.